The number of nitrogens with zero attached hydrogens (tertiary/aromatic N) is 2. The van der Waals surface area contributed by atoms with Gasteiger partial charge in [0.2, 0.25) is 0 Å². The molecule has 176 valence electrons. The molecule has 0 N–H and O–H groups in total. The van der Waals surface area contributed by atoms with Crippen LogP contribution in [0.3, 0.4) is 0 Å². The summed E-state index contributed by atoms with van der Waals surface area (Å²) in [5.41, 5.74) is 3.67. The number of benzene rings is 1. The zero-order chi connectivity index (χ0) is 23.8. The van der Waals surface area contributed by atoms with Crippen LogP contribution >= 0.6 is 11.3 Å². The third-order valence-electron chi connectivity index (χ3n) is 5.60. The number of methoxy groups -OCH3 is 1. The first-order chi connectivity index (χ1) is 16.0. The first kappa shape index (κ1) is 24.7. The number of imidazole rings is 1. The van der Waals surface area contributed by atoms with E-state index >= 15 is 0 Å². The molecule has 0 amide bonds. The maximum Gasteiger partial charge on any atom is 0.337 e. The smallest absolute Gasteiger partial charge is 0.337 e. The molecule has 0 aliphatic heterocycles. The fraction of sp³-hybridized carbons (Fsp3) is 0.423. The molecule has 1 atom stereocenters. The highest BCUT2D eigenvalue weighted by Crippen LogP contribution is 2.37. The van der Waals surface area contributed by atoms with Gasteiger partial charge in [0.1, 0.15) is 11.9 Å². The summed E-state index contributed by atoms with van der Waals surface area (Å²) < 4.78 is 12.8. The number of carbonyl (C=O) groups is 2. The van der Waals surface area contributed by atoms with E-state index in [2.05, 4.69) is 17.6 Å². The van der Waals surface area contributed by atoms with Gasteiger partial charge in [-0.05, 0) is 42.0 Å². The van der Waals surface area contributed by atoms with Crippen molar-refractivity contribution >= 4 is 23.3 Å². The van der Waals surface area contributed by atoms with Crippen molar-refractivity contribution in [3.8, 4) is 11.3 Å². The van der Waals surface area contributed by atoms with Crippen LogP contribution in [0.4, 0.5) is 0 Å². The van der Waals surface area contributed by atoms with Crippen molar-refractivity contribution in [3.05, 3.63) is 63.7 Å². The fourth-order valence-electron chi connectivity index (χ4n) is 3.73. The Morgan fingerprint density at radius 1 is 1.12 bits per heavy atom. The summed E-state index contributed by atoms with van der Waals surface area (Å²) in [6.07, 6.45) is 5.76. The SMILES string of the molecule is CCCCc1ncc(-c2ccsc2C(CC)OC(=O)CC)n1Cc1ccc(C(=O)OC)cc1. The van der Waals surface area contributed by atoms with E-state index in [1.807, 2.05) is 37.6 Å². The van der Waals surface area contributed by atoms with Crippen molar-refractivity contribution in [3.63, 3.8) is 0 Å². The summed E-state index contributed by atoms with van der Waals surface area (Å²) in [5, 5.41) is 2.04. The lowest BCUT2D eigenvalue weighted by atomic mass is 10.1. The van der Waals surface area contributed by atoms with Crippen molar-refractivity contribution in [2.45, 2.75) is 65.5 Å². The summed E-state index contributed by atoms with van der Waals surface area (Å²) in [7, 11) is 1.38. The van der Waals surface area contributed by atoms with Crippen LogP contribution in [0.15, 0.2) is 41.9 Å². The van der Waals surface area contributed by atoms with Crippen LogP contribution in [-0.2, 0) is 27.2 Å². The predicted octanol–water partition coefficient (Wildman–Crippen LogP) is 6.19. The molecule has 0 bridgehead atoms. The molecule has 33 heavy (non-hydrogen) atoms. The van der Waals surface area contributed by atoms with E-state index in [4.69, 9.17) is 14.5 Å². The number of unbranched alkanes of at least 4 members (excludes halogenated alkanes) is 1. The number of hydrogen-bond acceptors (Lipinski definition) is 6. The summed E-state index contributed by atoms with van der Waals surface area (Å²) in [6, 6.07) is 9.56. The van der Waals surface area contributed by atoms with E-state index in [1.165, 1.54) is 7.11 Å². The fourth-order valence-corrected chi connectivity index (χ4v) is 4.75. The van der Waals surface area contributed by atoms with Crippen LogP contribution in [0.5, 0.6) is 0 Å². The van der Waals surface area contributed by atoms with Gasteiger partial charge in [-0.15, -0.1) is 11.3 Å². The molecule has 1 aromatic carbocycles. The summed E-state index contributed by atoms with van der Waals surface area (Å²) >= 11 is 1.61. The van der Waals surface area contributed by atoms with Gasteiger partial charge in [0.05, 0.1) is 29.4 Å². The number of aryl methyl sites for hydroxylation is 1. The molecule has 0 aliphatic rings. The molecule has 7 heteroatoms. The van der Waals surface area contributed by atoms with Crippen LogP contribution in [0.2, 0.25) is 0 Å². The van der Waals surface area contributed by atoms with Gasteiger partial charge in [-0.1, -0.05) is 39.3 Å². The Hall–Kier alpha value is -2.93. The van der Waals surface area contributed by atoms with Gasteiger partial charge in [-0.2, -0.15) is 0 Å². The highest BCUT2D eigenvalue weighted by molar-refractivity contribution is 7.10. The van der Waals surface area contributed by atoms with Gasteiger partial charge in [0.25, 0.3) is 0 Å². The predicted molar refractivity (Wildman–Crippen MR) is 130 cm³/mol. The Kier molecular flexibility index (Phi) is 8.83. The second-order valence-electron chi connectivity index (χ2n) is 7.88. The van der Waals surface area contributed by atoms with E-state index < -0.39 is 0 Å². The van der Waals surface area contributed by atoms with E-state index in [9.17, 15) is 9.59 Å². The van der Waals surface area contributed by atoms with Crippen LogP contribution < -0.4 is 0 Å². The van der Waals surface area contributed by atoms with Gasteiger partial charge in [0, 0.05) is 24.9 Å². The van der Waals surface area contributed by atoms with Gasteiger partial charge < -0.3 is 14.0 Å². The highest BCUT2D eigenvalue weighted by Gasteiger charge is 2.23. The van der Waals surface area contributed by atoms with Crippen LogP contribution in [-0.4, -0.2) is 28.6 Å². The summed E-state index contributed by atoms with van der Waals surface area (Å²) in [5.74, 6) is 0.493. The number of carbonyl (C=O) groups excluding carboxylic acids is 2. The molecular formula is C26H32N2O4S. The van der Waals surface area contributed by atoms with Gasteiger partial charge >= 0.3 is 11.9 Å². The maximum atomic E-state index is 12.0. The molecule has 0 spiro atoms. The molecular weight excluding hydrogens is 436 g/mol. The minimum atomic E-state index is -0.344. The average Bonchev–Trinajstić information content (AvgIpc) is 3.47. The normalized spacial score (nSPS) is 11.9. The van der Waals surface area contributed by atoms with Crippen molar-refractivity contribution < 1.29 is 19.1 Å². The minimum Gasteiger partial charge on any atom is -0.465 e. The zero-order valence-corrected chi connectivity index (χ0v) is 20.6. The summed E-state index contributed by atoms with van der Waals surface area (Å²) in [6.45, 7) is 6.65. The number of thiophene rings is 1. The molecule has 2 heterocycles. The van der Waals surface area contributed by atoms with Crippen LogP contribution in [0.1, 0.15) is 79.2 Å². The molecule has 0 aliphatic carbocycles. The maximum absolute atomic E-state index is 12.0. The van der Waals surface area contributed by atoms with E-state index in [-0.39, 0.29) is 18.0 Å². The van der Waals surface area contributed by atoms with Crippen molar-refractivity contribution in [2.75, 3.05) is 7.11 Å². The topological polar surface area (TPSA) is 70.4 Å². The number of hydrogen-bond donors (Lipinski definition) is 0. The lowest BCUT2D eigenvalue weighted by Gasteiger charge is -2.18. The van der Waals surface area contributed by atoms with Gasteiger partial charge in [0.15, 0.2) is 0 Å². The van der Waals surface area contributed by atoms with Crippen LogP contribution in [0, 0.1) is 0 Å². The molecule has 0 fully saturated rings. The Bertz CT molecular complexity index is 1070. The molecule has 3 aromatic rings. The Balaban J connectivity index is 1.97. The van der Waals surface area contributed by atoms with Crippen LogP contribution in [0.25, 0.3) is 11.3 Å². The van der Waals surface area contributed by atoms with E-state index in [0.29, 0.717) is 24.9 Å². The quantitative estimate of drug-likeness (QED) is 0.314. The Morgan fingerprint density at radius 2 is 1.88 bits per heavy atom. The number of ether oxygens (including phenoxy) is 2. The molecule has 1 unspecified atom stereocenters. The third kappa shape index (κ3) is 5.90. The molecule has 0 radical (unpaired) electrons. The minimum absolute atomic E-state index is 0.191. The molecule has 6 nitrogen and oxygen atoms in total. The van der Waals surface area contributed by atoms with Gasteiger partial charge in [-0.3, -0.25) is 4.79 Å². The molecule has 3 rings (SSSR count). The second-order valence-corrected chi connectivity index (χ2v) is 8.82. The monoisotopic (exact) mass is 468 g/mol. The van der Waals surface area contributed by atoms with Crippen molar-refractivity contribution in [1.29, 1.82) is 0 Å². The third-order valence-corrected chi connectivity index (χ3v) is 6.61. The molecule has 2 aromatic heterocycles. The molecule has 0 saturated carbocycles. The number of esters is 2. The summed E-state index contributed by atoms with van der Waals surface area (Å²) in [4.78, 5) is 29.6. The van der Waals surface area contributed by atoms with Crippen molar-refractivity contribution in [2.24, 2.45) is 0 Å². The first-order valence-electron chi connectivity index (χ1n) is 11.5. The van der Waals surface area contributed by atoms with Crippen molar-refractivity contribution in [1.82, 2.24) is 9.55 Å². The lowest BCUT2D eigenvalue weighted by molar-refractivity contribution is -0.149. The zero-order valence-electron chi connectivity index (χ0n) is 19.8. The standard InChI is InChI=1S/C26H32N2O4S/c1-5-8-9-23-27-16-21(20-14-15-33-25(20)22(6-2)32-24(29)7-3)28(23)17-18-10-12-19(13-11-18)26(30)31-4/h10-16,22H,5-9,17H2,1-4H3. The highest BCUT2D eigenvalue weighted by atomic mass is 32.1. The largest absolute Gasteiger partial charge is 0.465 e. The first-order valence-corrected chi connectivity index (χ1v) is 12.4. The lowest BCUT2D eigenvalue weighted by Crippen LogP contribution is -2.11. The Morgan fingerprint density at radius 3 is 2.52 bits per heavy atom. The Labute approximate surface area is 199 Å². The number of rotatable bonds is 11. The number of aromatic nitrogens is 2. The van der Waals surface area contributed by atoms with E-state index in [1.54, 1.807) is 23.5 Å². The van der Waals surface area contributed by atoms with E-state index in [0.717, 1.165) is 46.8 Å². The average molecular weight is 469 g/mol. The van der Waals surface area contributed by atoms with Gasteiger partial charge in [-0.25, -0.2) is 9.78 Å². The second kappa shape index (κ2) is 11.8. The molecule has 0 saturated heterocycles.